The monoisotopic (exact) mass is 280 g/mol. The van der Waals surface area contributed by atoms with Gasteiger partial charge in [0.05, 0.1) is 23.1 Å². The Morgan fingerprint density at radius 1 is 1.58 bits per heavy atom. The van der Waals surface area contributed by atoms with Crippen molar-refractivity contribution in [3.63, 3.8) is 0 Å². The molecule has 0 saturated carbocycles. The van der Waals surface area contributed by atoms with Crippen molar-refractivity contribution in [2.45, 2.75) is 44.8 Å². The van der Waals surface area contributed by atoms with Gasteiger partial charge in [0.1, 0.15) is 5.82 Å². The van der Waals surface area contributed by atoms with Crippen LogP contribution in [0.4, 0.5) is 0 Å². The van der Waals surface area contributed by atoms with Gasteiger partial charge in [-0.1, -0.05) is 13.8 Å². The van der Waals surface area contributed by atoms with E-state index in [9.17, 15) is 4.79 Å². The zero-order valence-corrected chi connectivity index (χ0v) is 12.5. The fourth-order valence-electron chi connectivity index (χ4n) is 2.15. The standard InChI is InChI=1S/C14H20N2O2S/c1-4-18-14(17)10-8-15-13(11-6-5-7-19-11)16-12(10)9(2)3/h8-9,11H,4-7H2,1-3H3. The SMILES string of the molecule is CCOC(=O)c1cnc(C2CCCS2)nc1C(C)C. The van der Waals surface area contributed by atoms with Crippen LogP contribution in [0.2, 0.25) is 0 Å². The van der Waals surface area contributed by atoms with Crippen LogP contribution in [-0.4, -0.2) is 28.3 Å². The molecule has 0 bridgehead atoms. The second kappa shape index (κ2) is 6.37. The van der Waals surface area contributed by atoms with E-state index in [0.717, 1.165) is 17.9 Å². The van der Waals surface area contributed by atoms with Crippen molar-refractivity contribution in [1.29, 1.82) is 0 Å². The first kappa shape index (κ1) is 14.3. The normalized spacial score (nSPS) is 18.8. The number of hydrogen-bond donors (Lipinski definition) is 0. The van der Waals surface area contributed by atoms with Gasteiger partial charge < -0.3 is 4.74 Å². The number of hydrogen-bond acceptors (Lipinski definition) is 5. The highest BCUT2D eigenvalue weighted by Crippen LogP contribution is 2.38. The number of carbonyl (C=O) groups is 1. The molecule has 2 heterocycles. The maximum atomic E-state index is 11.9. The Kier molecular flexibility index (Phi) is 4.80. The smallest absolute Gasteiger partial charge is 0.341 e. The minimum atomic E-state index is -0.322. The van der Waals surface area contributed by atoms with Crippen molar-refractivity contribution in [2.24, 2.45) is 0 Å². The minimum absolute atomic E-state index is 0.188. The molecule has 0 aliphatic carbocycles. The quantitative estimate of drug-likeness (QED) is 0.792. The van der Waals surface area contributed by atoms with Gasteiger partial charge in [0.2, 0.25) is 0 Å². The summed E-state index contributed by atoms with van der Waals surface area (Å²) in [6.07, 6.45) is 3.98. The van der Waals surface area contributed by atoms with Crippen LogP contribution in [-0.2, 0) is 4.74 Å². The number of ether oxygens (including phenoxy) is 1. The number of nitrogens with zero attached hydrogens (tertiary/aromatic N) is 2. The molecular weight excluding hydrogens is 260 g/mol. The molecule has 104 valence electrons. The van der Waals surface area contributed by atoms with Crippen molar-refractivity contribution < 1.29 is 9.53 Å². The molecule has 5 heteroatoms. The summed E-state index contributed by atoms with van der Waals surface area (Å²) in [5, 5.41) is 0.383. The van der Waals surface area contributed by atoms with E-state index < -0.39 is 0 Å². The minimum Gasteiger partial charge on any atom is -0.462 e. The number of rotatable bonds is 4. The molecule has 19 heavy (non-hydrogen) atoms. The third kappa shape index (κ3) is 3.26. The molecule has 0 aromatic carbocycles. The van der Waals surface area contributed by atoms with Gasteiger partial charge in [-0.15, -0.1) is 0 Å². The molecular formula is C14H20N2O2S. The number of aromatic nitrogens is 2. The van der Waals surface area contributed by atoms with Crippen molar-refractivity contribution in [3.8, 4) is 0 Å². The highest BCUT2D eigenvalue weighted by molar-refractivity contribution is 7.99. The van der Waals surface area contributed by atoms with Crippen LogP contribution in [0, 0.1) is 0 Å². The van der Waals surface area contributed by atoms with E-state index in [1.54, 1.807) is 13.1 Å². The molecule has 1 aliphatic heterocycles. The predicted molar refractivity (Wildman–Crippen MR) is 76.5 cm³/mol. The zero-order valence-electron chi connectivity index (χ0n) is 11.7. The van der Waals surface area contributed by atoms with Gasteiger partial charge in [-0.2, -0.15) is 11.8 Å². The summed E-state index contributed by atoms with van der Waals surface area (Å²) in [5.41, 5.74) is 1.31. The van der Waals surface area contributed by atoms with Crippen molar-refractivity contribution in [1.82, 2.24) is 9.97 Å². The Balaban J connectivity index is 2.31. The molecule has 4 nitrogen and oxygen atoms in total. The molecule has 1 aromatic heterocycles. The van der Waals surface area contributed by atoms with Crippen LogP contribution in [0.25, 0.3) is 0 Å². The van der Waals surface area contributed by atoms with Gasteiger partial charge in [0.15, 0.2) is 0 Å². The van der Waals surface area contributed by atoms with E-state index in [-0.39, 0.29) is 11.9 Å². The van der Waals surface area contributed by atoms with E-state index in [1.807, 2.05) is 25.6 Å². The molecule has 1 aliphatic rings. The summed E-state index contributed by atoms with van der Waals surface area (Å²) < 4.78 is 5.06. The topological polar surface area (TPSA) is 52.1 Å². The van der Waals surface area contributed by atoms with Gasteiger partial charge in [-0.25, -0.2) is 14.8 Å². The average molecular weight is 280 g/mol. The van der Waals surface area contributed by atoms with Crippen LogP contribution in [0.5, 0.6) is 0 Å². The maximum Gasteiger partial charge on any atom is 0.341 e. The first-order valence-electron chi connectivity index (χ1n) is 6.79. The largest absolute Gasteiger partial charge is 0.462 e. The Bertz CT molecular complexity index is 457. The Morgan fingerprint density at radius 3 is 2.95 bits per heavy atom. The molecule has 1 saturated heterocycles. The molecule has 0 N–H and O–H groups in total. The fourth-order valence-corrected chi connectivity index (χ4v) is 3.37. The fraction of sp³-hybridized carbons (Fsp3) is 0.643. The van der Waals surface area contributed by atoms with E-state index >= 15 is 0 Å². The molecule has 1 aromatic rings. The van der Waals surface area contributed by atoms with Crippen LogP contribution < -0.4 is 0 Å². The van der Waals surface area contributed by atoms with E-state index in [2.05, 4.69) is 9.97 Å². The predicted octanol–water partition coefficient (Wildman–Crippen LogP) is 3.34. The zero-order chi connectivity index (χ0) is 13.8. The Morgan fingerprint density at radius 2 is 2.37 bits per heavy atom. The molecule has 0 spiro atoms. The van der Waals surface area contributed by atoms with Gasteiger partial charge >= 0.3 is 5.97 Å². The third-order valence-electron chi connectivity index (χ3n) is 3.10. The second-order valence-electron chi connectivity index (χ2n) is 4.90. The first-order chi connectivity index (χ1) is 9.13. The molecule has 0 amide bonds. The maximum absolute atomic E-state index is 11.9. The summed E-state index contributed by atoms with van der Waals surface area (Å²) in [6.45, 7) is 6.25. The van der Waals surface area contributed by atoms with Crippen molar-refractivity contribution >= 4 is 17.7 Å². The summed E-state index contributed by atoms with van der Waals surface area (Å²) in [4.78, 5) is 20.9. The van der Waals surface area contributed by atoms with E-state index in [0.29, 0.717) is 17.4 Å². The summed E-state index contributed by atoms with van der Waals surface area (Å²) in [6, 6.07) is 0. The second-order valence-corrected chi connectivity index (χ2v) is 6.21. The van der Waals surface area contributed by atoms with E-state index in [1.165, 1.54) is 12.2 Å². The third-order valence-corrected chi connectivity index (χ3v) is 4.47. The molecule has 0 radical (unpaired) electrons. The van der Waals surface area contributed by atoms with Crippen LogP contribution in [0.1, 0.15) is 66.7 Å². The summed E-state index contributed by atoms with van der Waals surface area (Å²) in [5.74, 6) is 1.90. The molecule has 1 atom stereocenters. The first-order valence-corrected chi connectivity index (χ1v) is 7.84. The Hall–Kier alpha value is -1.10. The van der Waals surface area contributed by atoms with Gasteiger partial charge in [-0.05, 0) is 31.4 Å². The lowest BCUT2D eigenvalue weighted by atomic mass is 10.0. The van der Waals surface area contributed by atoms with Crippen LogP contribution in [0.15, 0.2) is 6.20 Å². The number of carbonyl (C=O) groups excluding carboxylic acids is 1. The highest BCUT2D eigenvalue weighted by Gasteiger charge is 2.24. The van der Waals surface area contributed by atoms with Gasteiger partial charge in [0.25, 0.3) is 0 Å². The van der Waals surface area contributed by atoms with Gasteiger partial charge in [0, 0.05) is 6.20 Å². The molecule has 1 unspecified atom stereocenters. The van der Waals surface area contributed by atoms with Crippen LogP contribution >= 0.6 is 11.8 Å². The Labute approximate surface area is 118 Å². The molecule has 1 fully saturated rings. The van der Waals surface area contributed by atoms with Crippen LogP contribution in [0.3, 0.4) is 0 Å². The van der Waals surface area contributed by atoms with Crippen molar-refractivity contribution in [2.75, 3.05) is 12.4 Å². The van der Waals surface area contributed by atoms with E-state index in [4.69, 9.17) is 4.74 Å². The summed E-state index contributed by atoms with van der Waals surface area (Å²) >= 11 is 1.90. The molecule has 2 rings (SSSR count). The van der Waals surface area contributed by atoms with Crippen molar-refractivity contribution in [3.05, 3.63) is 23.3 Å². The lowest BCUT2D eigenvalue weighted by Gasteiger charge is -2.14. The number of esters is 1. The van der Waals surface area contributed by atoms with Gasteiger partial charge in [-0.3, -0.25) is 0 Å². The summed E-state index contributed by atoms with van der Waals surface area (Å²) in [7, 11) is 0. The highest BCUT2D eigenvalue weighted by atomic mass is 32.2. The lowest BCUT2D eigenvalue weighted by Crippen LogP contribution is -2.14. The average Bonchev–Trinajstić information content (AvgIpc) is 2.92. The lowest BCUT2D eigenvalue weighted by molar-refractivity contribution is 0.0523. The number of thioether (sulfide) groups is 1.